The molecule has 6 heteroatoms. The van der Waals surface area contributed by atoms with Gasteiger partial charge in [-0.3, -0.25) is 0 Å². The number of halogens is 1. The zero-order chi connectivity index (χ0) is 19.8. The summed E-state index contributed by atoms with van der Waals surface area (Å²) in [5.74, 6) is 1.08. The lowest BCUT2D eigenvalue weighted by molar-refractivity contribution is 0.303. The van der Waals surface area contributed by atoms with Gasteiger partial charge in [-0.15, -0.1) is 0 Å². The predicted molar refractivity (Wildman–Crippen MR) is 116 cm³/mol. The van der Waals surface area contributed by atoms with Crippen LogP contribution in [0.1, 0.15) is 50.4 Å². The van der Waals surface area contributed by atoms with Crippen molar-refractivity contribution in [2.45, 2.75) is 46.0 Å². The average molecular weight is 432 g/mol. The van der Waals surface area contributed by atoms with Gasteiger partial charge in [-0.1, -0.05) is 53.6 Å². The van der Waals surface area contributed by atoms with Gasteiger partial charge in [0.15, 0.2) is 0 Å². The lowest BCUT2D eigenvalue weighted by Crippen LogP contribution is -2.27. The normalized spacial score (nSPS) is 13.8. The van der Waals surface area contributed by atoms with Gasteiger partial charge in [0.1, 0.15) is 6.33 Å². The van der Waals surface area contributed by atoms with Gasteiger partial charge >= 0.3 is 0 Å². The Labute approximate surface area is 171 Å². The Hall–Kier alpha value is -1.79. The van der Waals surface area contributed by atoms with E-state index in [-0.39, 0.29) is 0 Å². The molecule has 2 aromatic heterocycles. The van der Waals surface area contributed by atoms with Crippen molar-refractivity contribution in [1.82, 2.24) is 24.5 Å². The summed E-state index contributed by atoms with van der Waals surface area (Å²) in [4.78, 5) is 11.1. The minimum absolute atomic E-state index is 0.395. The first kappa shape index (κ1) is 21.5. The minimum atomic E-state index is 0.395. The van der Waals surface area contributed by atoms with Crippen LogP contribution in [0, 0.1) is 6.92 Å². The predicted octanol–water partition coefficient (Wildman–Crippen LogP) is 5.05. The molecule has 146 valence electrons. The van der Waals surface area contributed by atoms with Gasteiger partial charge in [-0.25, -0.2) is 9.50 Å². The number of likely N-dealkylation sites (N-methyl/N-ethyl adjacent to an activating group) is 1. The molecule has 1 unspecified atom stereocenters. The van der Waals surface area contributed by atoms with Crippen LogP contribution in [0.2, 0.25) is 0 Å². The van der Waals surface area contributed by atoms with Crippen LogP contribution < -0.4 is 0 Å². The second-order valence-corrected chi connectivity index (χ2v) is 7.87. The molecule has 0 spiro atoms. The molecule has 0 N–H and O–H groups in total. The Morgan fingerprint density at radius 3 is 2.89 bits per heavy atom. The third-order valence-corrected chi connectivity index (χ3v) is 5.29. The van der Waals surface area contributed by atoms with Crippen molar-refractivity contribution in [3.8, 4) is 0 Å². The van der Waals surface area contributed by atoms with E-state index in [4.69, 9.17) is 0 Å². The van der Waals surface area contributed by atoms with E-state index < -0.39 is 0 Å². The highest BCUT2D eigenvalue weighted by Gasteiger charge is 2.18. The van der Waals surface area contributed by atoms with Crippen LogP contribution in [0.5, 0.6) is 0 Å². The van der Waals surface area contributed by atoms with Crippen LogP contribution in [0.3, 0.4) is 0 Å². The summed E-state index contributed by atoms with van der Waals surface area (Å²) in [6.45, 7) is 12.4. The van der Waals surface area contributed by atoms with Crippen LogP contribution in [0.15, 0.2) is 47.3 Å². The van der Waals surface area contributed by atoms with Crippen molar-refractivity contribution >= 4 is 21.7 Å². The van der Waals surface area contributed by atoms with E-state index >= 15 is 0 Å². The molecular formula is C21H30BrN5. The first-order chi connectivity index (χ1) is 12.9. The van der Waals surface area contributed by atoms with Crippen molar-refractivity contribution in [2.24, 2.45) is 0 Å². The number of hydrogen-bond acceptors (Lipinski definition) is 4. The first-order valence-electron chi connectivity index (χ1n) is 9.48. The summed E-state index contributed by atoms with van der Waals surface area (Å²) >= 11 is 3.49. The highest BCUT2D eigenvalue weighted by Crippen LogP contribution is 2.23. The van der Waals surface area contributed by atoms with E-state index in [0.717, 1.165) is 48.1 Å². The molecule has 0 aliphatic rings. The van der Waals surface area contributed by atoms with Gasteiger partial charge in [0, 0.05) is 29.2 Å². The Balaban J connectivity index is 2.04. The van der Waals surface area contributed by atoms with Gasteiger partial charge in [0.2, 0.25) is 0 Å². The molecule has 0 saturated heterocycles. The topological polar surface area (TPSA) is 46.3 Å². The third-order valence-electron chi connectivity index (χ3n) is 4.56. The summed E-state index contributed by atoms with van der Waals surface area (Å²) in [5.41, 5.74) is 3.31. The highest BCUT2D eigenvalue weighted by atomic mass is 79.9. The quantitative estimate of drug-likeness (QED) is 0.493. The molecule has 2 rings (SSSR count). The number of aryl methyl sites for hydroxylation is 1. The molecule has 0 saturated carbocycles. The number of rotatable bonds is 10. The van der Waals surface area contributed by atoms with Crippen LogP contribution in [0.4, 0.5) is 0 Å². The van der Waals surface area contributed by atoms with Crippen molar-refractivity contribution < 1.29 is 0 Å². The summed E-state index contributed by atoms with van der Waals surface area (Å²) < 4.78 is 2.96. The molecule has 0 aliphatic carbocycles. The molecule has 0 amide bonds. The van der Waals surface area contributed by atoms with E-state index in [1.807, 2.05) is 30.5 Å². The van der Waals surface area contributed by atoms with Gasteiger partial charge < -0.3 is 4.90 Å². The molecule has 0 radical (unpaired) electrons. The number of hydrogen-bond donors (Lipinski definition) is 0. The fraction of sp³-hybridized carbons (Fsp3) is 0.476. The second-order valence-electron chi connectivity index (χ2n) is 6.96. The van der Waals surface area contributed by atoms with Crippen LogP contribution in [-0.2, 0) is 0 Å². The molecule has 2 heterocycles. The smallest absolute Gasteiger partial charge is 0.252 e. The molecule has 0 fully saturated rings. The molecular weight excluding hydrogens is 402 g/mol. The fourth-order valence-electron chi connectivity index (χ4n) is 3.11. The van der Waals surface area contributed by atoms with Crippen LogP contribution in [-0.4, -0.2) is 44.6 Å². The summed E-state index contributed by atoms with van der Waals surface area (Å²) in [6.07, 6.45) is 10.9. The number of aromatic nitrogens is 4. The molecule has 0 aromatic carbocycles. The molecule has 0 aliphatic heterocycles. The van der Waals surface area contributed by atoms with Gasteiger partial charge in [-0.05, 0) is 45.9 Å². The van der Waals surface area contributed by atoms with E-state index in [9.17, 15) is 0 Å². The lowest BCUT2D eigenvalue weighted by atomic mass is 9.98. The van der Waals surface area contributed by atoms with Crippen LogP contribution >= 0.6 is 15.9 Å². The van der Waals surface area contributed by atoms with Crippen LogP contribution in [0.25, 0.3) is 5.78 Å². The van der Waals surface area contributed by atoms with Crippen molar-refractivity contribution in [3.05, 3.63) is 58.6 Å². The van der Waals surface area contributed by atoms with Gasteiger partial charge in [0.25, 0.3) is 5.78 Å². The SMILES string of the molecule is C=C(C=CC(Br)=CC)CCN(C)CC(CCC)c1cc(C)nc2ncnn12. The molecule has 5 nitrogen and oxygen atoms in total. The summed E-state index contributed by atoms with van der Waals surface area (Å²) in [5, 5.41) is 4.38. The summed E-state index contributed by atoms with van der Waals surface area (Å²) in [6, 6.07) is 2.14. The van der Waals surface area contributed by atoms with Crippen molar-refractivity contribution in [3.63, 3.8) is 0 Å². The highest BCUT2D eigenvalue weighted by molar-refractivity contribution is 9.11. The largest absolute Gasteiger partial charge is 0.305 e. The number of fused-ring (bicyclic) bond motifs is 1. The number of allylic oxidation sites excluding steroid dienone is 4. The average Bonchev–Trinajstić information content (AvgIpc) is 3.11. The Morgan fingerprint density at radius 1 is 1.41 bits per heavy atom. The standard InChI is InChI=1S/C21H30BrN5/c1-6-8-18(20-13-17(4)25-21-23-15-24-27(20)21)14-26(5)12-11-16(3)9-10-19(22)7-2/h7,9-10,13,15,18H,3,6,8,11-12,14H2,1-2,4-5H3. The summed E-state index contributed by atoms with van der Waals surface area (Å²) in [7, 11) is 2.17. The fourth-order valence-corrected chi connectivity index (χ4v) is 3.24. The molecule has 0 bridgehead atoms. The first-order valence-corrected chi connectivity index (χ1v) is 10.3. The minimum Gasteiger partial charge on any atom is -0.305 e. The van der Waals surface area contributed by atoms with Gasteiger partial charge in [-0.2, -0.15) is 10.1 Å². The van der Waals surface area contributed by atoms with E-state index in [2.05, 4.69) is 68.6 Å². The van der Waals surface area contributed by atoms with E-state index in [1.165, 1.54) is 5.69 Å². The van der Waals surface area contributed by atoms with E-state index in [1.54, 1.807) is 6.33 Å². The maximum atomic E-state index is 4.47. The lowest BCUT2D eigenvalue weighted by Gasteiger charge is -2.24. The molecule has 27 heavy (non-hydrogen) atoms. The maximum Gasteiger partial charge on any atom is 0.252 e. The Morgan fingerprint density at radius 2 is 2.19 bits per heavy atom. The second kappa shape index (κ2) is 10.5. The Kier molecular flexibility index (Phi) is 8.38. The number of nitrogens with zero attached hydrogens (tertiary/aromatic N) is 5. The monoisotopic (exact) mass is 431 g/mol. The van der Waals surface area contributed by atoms with E-state index in [0.29, 0.717) is 11.7 Å². The molecule has 1 atom stereocenters. The maximum absolute atomic E-state index is 4.47. The van der Waals surface area contributed by atoms with Gasteiger partial charge in [0.05, 0.1) is 5.69 Å². The third kappa shape index (κ3) is 6.40. The molecule has 2 aromatic rings. The van der Waals surface area contributed by atoms with Crippen molar-refractivity contribution in [1.29, 1.82) is 0 Å². The zero-order valence-electron chi connectivity index (χ0n) is 16.8. The Bertz CT molecular complexity index is 821. The van der Waals surface area contributed by atoms with Crippen molar-refractivity contribution in [2.75, 3.05) is 20.1 Å². The zero-order valence-corrected chi connectivity index (χ0v) is 18.4.